The highest BCUT2D eigenvalue weighted by Crippen LogP contribution is 2.25. The molecule has 0 bridgehead atoms. The molecule has 0 radical (unpaired) electrons. The highest BCUT2D eigenvalue weighted by atomic mass is 32.2. The Labute approximate surface area is 117 Å². The summed E-state index contributed by atoms with van der Waals surface area (Å²) in [7, 11) is 0. The fourth-order valence-electron chi connectivity index (χ4n) is 1.75. The largest absolute Gasteiger partial charge is 0.368 e. The summed E-state index contributed by atoms with van der Waals surface area (Å²) in [6, 6.07) is 2.67. The molecule has 19 heavy (non-hydrogen) atoms. The van der Waals surface area contributed by atoms with Gasteiger partial charge in [0.25, 0.3) is 0 Å². The zero-order valence-electron chi connectivity index (χ0n) is 11.7. The van der Waals surface area contributed by atoms with Crippen molar-refractivity contribution in [1.82, 2.24) is 24.5 Å². The van der Waals surface area contributed by atoms with Gasteiger partial charge in [0, 0.05) is 24.0 Å². The molecule has 2 heterocycles. The standard InChI is InChI=1S/C12H20N6S/c1-8(2)17-6-5-10(16-17)7-19-12-15-14-11(13)18(12)9(3)4/h5-6,8-9H,7H2,1-4H3,(H2,13,14). The topological polar surface area (TPSA) is 74.6 Å². The van der Waals surface area contributed by atoms with E-state index in [1.165, 1.54) is 0 Å². The Morgan fingerprint density at radius 1 is 1.21 bits per heavy atom. The summed E-state index contributed by atoms with van der Waals surface area (Å²) >= 11 is 1.61. The van der Waals surface area contributed by atoms with Gasteiger partial charge in [-0.15, -0.1) is 10.2 Å². The van der Waals surface area contributed by atoms with Gasteiger partial charge >= 0.3 is 0 Å². The summed E-state index contributed by atoms with van der Waals surface area (Å²) in [5.41, 5.74) is 6.85. The first-order chi connectivity index (χ1) is 8.99. The maximum Gasteiger partial charge on any atom is 0.222 e. The van der Waals surface area contributed by atoms with E-state index in [-0.39, 0.29) is 6.04 Å². The van der Waals surface area contributed by atoms with Crippen molar-refractivity contribution in [3.05, 3.63) is 18.0 Å². The third-order valence-corrected chi connectivity index (χ3v) is 3.73. The Hall–Kier alpha value is -1.50. The van der Waals surface area contributed by atoms with Gasteiger partial charge < -0.3 is 5.73 Å². The molecule has 104 valence electrons. The van der Waals surface area contributed by atoms with Crippen molar-refractivity contribution in [2.45, 2.75) is 50.7 Å². The molecule has 0 aliphatic rings. The molecular formula is C12H20N6S. The predicted octanol–water partition coefficient (Wildman–Crippen LogP) is 2.51. The molecule has 0 spiro atoms. The Morgan fingerprint density at radius 2 is 1.95 bits per heavy atom. The second kappa shape index (κ2) is 5.64. The van der Waals surface area contributed by atoms with Crippen LogP contribution < -0.4 is 5.73 Å². The van der Waals surface area contributed by atoms with E-state index in [1.54, 1.807) is 11.8 Å². The van der Waals surface area contributed by atoms with Crippen molar-refractivity contribution >= 4 is 17.7 Å². The third kappa shape index (κ3) is 3.09. The number of nitrogens with zero attached hydrogens (tertiary/aromatic N) is 5. The second-order valence-corrected chi connectivity index (χ2v) is 5.92. The van der Waals surface area contributed by atoms with Crippen molar-refractivity contribution in [3.63, 3.8) is 0 Å². The maximum atomic E-state index is 5.81. The van der Waals surface area contributed by atoms with Crippen LogP contribution in [0.4, 0.5) is 5.95 Å². The van der Waals surface area contributed by atoms with Gasteiger partial charge in [0.05, 0.1) is 5.69 Å². The van der Waals surface area contributed by atoms with Crippen molar-refractivity contribution in [2.24, 2.45) is 0 Å². The fraction of sp³-hybridized carbons (Fsp3) is 0.583. The summed E-state index contributed by atoms with van der Waals surface area (Å²) in [5.74, 6) is 1.23. The van der Waals surface area contributed by atoms with Crippen molar-refractivity contribution in [2.75, 3.05) is 5.73 Å². The SMILES string of the molecule is CC(C)n1ccc(CSc2nnc(N)n2C(C)C)n1. The van der Waals surface area contributed by atoms with Crippen LogP contribution in [-0.2, 0) is 5.75 Å². The van der Waals surface area contributed by atoms with Gasteiger partial charge in [-0.1, -0.05) is 11.8 Å². The lowest BCUT2D eigenvalue weighted by Crippen LogP contribution is -2.07. The van der Waals surface area contributed by atoms with Crippen LogP contribution in [0.2, 0.25) is 0 Å². The molecule has 2 N–H and O–H groups in total. The summed E-state index contributed by atoms with van der Waals surface area (Å²) in [5, 5.41) is 13.4. The number of anilines is 1. The first-order valence-corrected chi connectivity index (χ1v) is 7.34. The van der Waals surface area contributed by atoms with Gasteiger partial charge in [-0.3, -0.25) is 9.25 Å². The number of rotatable bonds is 5. The minimum Gasteiger partial charge on any atom is -0.368 e. The molecule has 0 fully saturated rings. The molecule has 0 atom stereocenters. The Balaban J connectivity index is 2.06. The van der Waals surface area contributed by atoms with E-state index >= 15 is 0 Å². The number of aromatic nitrogens is 5. The predicted molar refractivity (Wildman–Crippen MR) is 77.0 cm³/mol. The first kappa shape index (κ1) is 13.9. The molecule has 0 aromatic carbocycles. The highest BCUT2D eigenvalue weighted by molar-refractivity contribution is 7.98. The summed E-state index contributed by atoms with van der Waals surface area (Å²) < 4.78 is 3.89. The summed E-state index contributed by atoms with van der Waals surface area (Å²) in [6.45, 7) is 8.36. The quantitative estimate of drug-likeness (QED) is 0.852. The zero-order chi connectivity index (χ0) is 14.0. The number of hydrogen-bond donors (Lipinski definition) is 1. The fourth-order valence-corrected chi connectivity index (χ4v) is 2.73. The average Bonchev–Trinajstić information content (AvgIpc) is 2.92. The van der Waals surface area contributed by atoms with E-state index in [1.807, 2.05) is 21.5 Å². The smallest absolute Gasteiger partial charge is 0.222 e. The minimum absolute atomic E-state index is 0.255. The molecule has 0 saturated heterocycles. The Morgan fingerprint density at radius 3 is 2.53 bits per heavy atom. The van der Waals surface area contributed by atoms with Gasteiger partial charge in [-0.05, 0) is 33.8 Å². The van der Waals surface area contributed by atoms with E-state index < -0.39 is 0 Å². The van der Waals surface area contributed by atoms with Gasteiger partial charge in [0.2, 0.25) is 5.95 Å². The van der Waals surface area contributed by atoms with Crippen LogP contribution in [0, 0.1) is 0 Å². The number of hydrogen-bond acceptors (Lipinski definition) is 5. The molecule has 7 heteroatoms. The normalized spacial score (nSPS) is 11.7. The molecule has 0 unspecified atom stereocenters. The van der Waals surface area contributed by atoms with Gasteiger partial charge in [0.15, 0.2) is 5.16 Å². The number of nitrogen functional groups attached to an aromatic ring is 1. The van der Waals surface area contributed by atoms with Crippen molar-refractivity contribution in [3.8, 4) is 0 Å². The highest BCUT2D eigenvalue weighted by Gasteiger charge is 2.13. The molecule has 2 aromatic heterocycles. The summed E-state index contributed by atoms with van der Waals surface area (Å²) in [6.07, 6.45) is 2.00. The lowest BCUT2D eigenvalue weighted by Gasteiger charge is -2.10. The molecule has 6 nitrogen and oxygen atoms in total. The Bertz CT molecular complexity index is 542. The molecule has 2 rings (SSSR count). The molecule has 2 aromatic rings. The molecule has 0 amide bonds. The second-order valence-electron chi connectivity index (χ2n) is 4.97. The number of nitrogens with two attached hydrogens (primary N) is 1. The van der Waals surface area contributed by atoms with E-state index in [4.69, 9.17) is 5.73 Å². The Kier molecular flexibility index (Phi) is 4.14. The van der Waals surface area contributed by atoms with Crippen LogP contribution >= 0.6 is 11.8 Å². The molecular weight excluding hydrogens is 260 g/mol. The van der Waals surface area contributed by atoms with Gasteiger partial charge in [0.1, 0.15) is 0 Å². The van der Waals surface area contributed by atoms with Crippen LogP contribution in [0.5, 0.6) is 0 Å². The van der Waals surface area contributed by atoms with E-state index in [9.17, 15) is 0 Å². The van der Waals surface area contributed by atoms with Gasteiger partial charge in [-0.25, -0.2) is 0 Å². The van der Waals surface area contributed by atoms with Crippen molar-refractivity contribution in [1.29, 1.82) is 0 Å². The average molecular weight is 280 g/mol. The number of thioether (sulfide) groups is 1. The van der Waals surface area contributed by atoms with Crippen LogP contribution in [-0.4, -0.2) is 24.5 Å². The summed E-state index contributed by atoms with van der Waals surface area (Å²) in [4.78, 5) is 0. The van der Waals surface area contributed by atoms with Crippen LogP contribution in [0.25, 0.3) is 0 Å². The van der Waals surface area contributed by atoms with Crippen molar-refractivity contribution < 1.29 is 0 Å². The van der Waals surface area contributed by atoms with E-state index in [0.29, 0.717) is 12.0 Å². The zero-order valence-corrected chi connectivity index (χ0v) is 12.6. The van der Waals surface area contributed by atoms with Crippen LogP contribution in [0.3, 0.4) is 0 Å². The van der Waals surface area contributed by atoms with Crippen LogP contribution in [0.1, 0.15) is 45.5 Å². The molecule has 0 aliphatic carbocycles. The van der Waals surface area contributed by atoms with E-state index in [0.717, 1.165) is 16.6 Å². The minimum atomic E-state index is 0.255. The lowest BCUT2D eigenvalue weighted by molar-refractivity contribution is 0.528. The molecule has 0 aliphatic heterocycles. The van der Waals surface area contributed by atoms with E-state index in [2.05, 4.69) is 43.0 Å². The maximum absolute atomic E-state index is 5.81. The lowest BCUT2D eigenvalue weighted by atomic mass is 10.4. The van der Waals surface area contributed by atoms with Gasteiger partial charge in [-0.2, -0.15) is 5.10 Å². The van der Waals surface area contributed by atoms with Crippen LogP contribution in [0.15, 0.2) is 17.4 Å². The first-order valence-electron chi connectivity index (χ1n) is 6.36. The monoisotopic (exact) mass is 280 g/mol. The third-order valence-electron chi connectivity index (χ3n) is 2.75. The molecule has 0 saturated carbocycles.